The maximum Gasteiger partial charge on any atom is 0.328 e. The first kappa shape index (κ1) is 13.5. The van der Waals surface area contributed by atoms with Gasteiger partial charge in [-0.05, 0) is 37.4 Å². The molecule has 21 heavy (non-hydrogen) atoms. The Hall–Kier alpha value is -2.50. The van der Waals surface area contributed by atoms with Crippen molar-refractivity contribution in [2.24, 2.45) is 0 Å². The van der Waals surface area contributed by atoms with Gasteiger partial charge in [0, 0.05) is 18.6 Å². The molecule has 0 saturated heterocycles. The van der Waals surface area contributed by atoms with Crippen LogP contribution in [0.5, 0.6) is 11.5 Å². The minimum absolute atomic E-state index is 0.199. The van der Waals surface area contributed by atoms with Crippen LogP contribution in [0.4, 0.5) is 5.82 Å². The van der Waals surface area contributed by atoms with Crippen LogP contribution >= 0.6 is 0 Å². The predicted molar refractivity (Wildman–Crippen MR) is 78.0 cm³/mol. The van der Waals surface area contributed by atoms with Crippen LogP contribution in [0.2, 0.25) is 0 Å². The molecule has 0 fully saturated rings. The van der Waals surface area contributed by atoms with Gasteiger partial charge in [-0.25, -0.2) is 9.78 Å². The number of ether oxygens (including phenoxy) is 2. The molecule has 0 saturated carbocycles. The molecule has 1 aromatic carbocycles. The van der Waals surface area contributed by atoms with Gasteiger partial charge >= 0.3 is 5.97 Å². The van der Waals surface area contributed by atoms with E-state index < -0.39 is 11.5 Å². The van der Waals surface area contributed by atoms with Gasteiger partial charge in [0.15, 0.2) is 11.5 Å². The molecule has 0 spiro atoms. The normalized spacial score (nSPS) is 13.5. The first-order valence-corrected chi connectivity index (χ1v) is 6.57. The third kappa shape index (κ3) is 2.03. The van der Waals surface area contributed by atoms with Crippen molar-refractivity contribution in [3.63, 3.8) is 0 Å². The van der Waals surface area contributed by atoms with E-state index in [4.69, 9.17) is 9.47 Å². The van der Waals surface area contributed by atoms with Crippen LogP contribution in [0.15, 0.2) is 24.4 Å². The summed E-state index contributed by atoms with van der Waals surface area (Å²) in [6, 6.07) is 5.58. The quantitative estimate of drug-likeness (QED) is 0.934. The van der Waals surface area contributed by atoms with Crippen LogP contribution in [-0.4, -0.2) is 35.4 Å². The summed E-state index contributed by atoms with van der Waals surface area (Å²) in [4.78, 5) is 17.4. The fourth-order valence-corrected chi connectivity index (χ4v) is 2.22. The Labute approximate surface area is 121 Å². The summed E-state index contributed by atoms with van der Waals surface area (Å²) in [5.41, 5.74) is -1.07. The second kappa shape index (κ2) is 4.51. The molecule has 0 amide bonds. The zero-order valence-electron chi connectivity index (χ0n) is 12.1. The second-order valence-electron chi connectivity index (χ2n) is 5.48. The van der Waals surface area contributed by atoms with E-state index in [1.165, 1.54) is 0 Å². The number of anilines is 1. The predicted octanol–water partition coefficient (Wildman–Crippen LogP) is 2.26. The lowest BCUT2D eigenvalue weighted by Gasteiger charge is -2.33. The third-order valence-corrected chi connectivity index (χ3v) is 3.92. The van der Waals surface area contributed by atoms with Crippen LogP contribution in [0.3, 0.4) is 0 Å². The van der Waals surface area contributed by atoms with Crippen LogP contribution in [0.1, 0.15) is 13.8 Å². The Balaban J connectivity index is 2.17. The van der Waals surface area contributed by atoms with E-state index in [2.05, 4.69) is 4.98 Å². The molecule has 1 aliphatic heterocycles. The average molecular weight is 288 g/mol. The molecule has 1 aliphatic rings. The fraction of sp³-hybridized carbons (Fsp3) is 0.333. The molecule has 0 aliphatic carbocycles. The smallest absolute Gasteiger partial charge is 0.328 e. The molecule has 1 aromatic heterocycles. The number of carbonyl (C=O) groups is 1. The van der Waals surface area contributed by atoms with Gasteiger partial charge in [-0.3, -0.25) is 0 Å². The highest BCUT2D eigenvalue weighted by molar-refractivity contribution is 5.96. The van der Waals surface area contributed by atoms with Gasteiger partial charge in [-0.2, -0.15) is 0 Å². The number of carboxylic acids is 1. The van der Waals surface area contributed by atoms with E-state index >= 15 is 0 Å². The minimum atomic E-state index is -1.07. The van der Waals surface area contributed by atoms with Crippen LogP contribution in [0, 0.1) is 0 Å². The van der Waals surface area contributed by atoms with Crippen molar-refractivity contribution in [3.8, 4) is 11.5 Å². The second-order valence-corrected chi connectivity index (χ2v) is 5.48. The Bertz CT molecular complexity index is 727. The molecule has 6 heteroatoms. The highest BCUT2D eigenvalue weighted by Crippen LogP contribution is 2.39. The van der Waals surface area contributed by atoms with Crippen LogP contribution in [-0.2, 0) is 4.79 Å². The molecular weight excluding hydrogens is 272 g/mol. The summed E-state index contributed by atoms with van der Waals surface area (Å²) in [7, 11) is 1.72. The monoisotopic (exact) mass is 288 g/mol. The minimum Gasteiger partial charge on any atom is -0.480 e. The standard InChI is InChI=1S/C15H16N2O4/c1-15(2,14(18)19)17(3)13-10-7-12-11(20-8-21-12)6-9(10)4-5-16-13/h4-7H,8H2,1-3H3,(H,18,19). The number of hydrogen-bond donors (Lipinski definition) is 1. The first-order chi connectivity index (χ1) is 9.91. The molecule has 2 aromatic rings. The number of nitrogens with zero attached hydrogens (tertiary/aromatic N) is 2. The number of pyridine rings is 1. The van der Waals surface area contributed by atoms with E-state index in [1.807, 2.05) is 18.2 Å². The lowest BCUT2D eigenvalue weighted by molar-refractivity contribution is -0.142. The molecule has 0 atom stereocenters. The van der Waals surface area contributed by atoms with E-state index in [0.29, 0.717) is 17.3 Å². The highest BCUT2D eigenvalue weighted by atomic mass is 16.7. The van der Waals surface area contributed by atoms with Gasteiger partial charge in [0.1, 0.15) is 11.4 Å². The van der Waals surface area contributed by atoms with Crippen molar-refractivity contribution in [2.45, 2.75) is 19.4 Å². The molecule has 6 nitrogen and oxygen atoms in total. The van der Waals surface area contributed by atoms with Gasteiger partial charge in [0.25, 0.3) is 0 Å². The third-order valence-electron chi connectivity index (χ3n) is 3.92. The molecule has 110 valence electrons. The van der Waals surface area contributed by atoms with Crippen molar-refractivity contribution in [3.05, 3.63) is 24.4 Å². The number of fused-ring (bicyclic) bond motifs is 2. The molecule has 3 rings (SSSR count). The molecular formula is C15H16N2O4. The van der Waals surface area contributed by atoms with Gasteiger partial charge < -0.3 is 19.5 Å². The van der Waals surface area contributed by atoms with E-state index in [9.17, 15) is 9.90 Å². The summed E-state index contributed by atoms with van der Waals surface area (Å²) < 4.78 is 10.8. The fourth-order valence-electron chi connectivity index (χ4n) is 2.22. The van der Waals surface area contributed by atoms with Crippen molar-refractivity contribution in [1.29, 1.82) is 0 Å². The Morgan fingerprint density at radius 3 is 2.67 bits per heavy atom. The van der Waals surface area contributed by atoms with E-state index in [-0.39, 0.29) is 6.79 Å². The summed E-state index contributed by atoms with van der Waals surface area (Å²) in [6.07, 6.45) is 1.66. The zero-order valence-corrected chi connectivity index (χ0v) is 12.1. The van der Waals surface area contributed by atoms with Crippen molar-refractivity contribution in [2.75, 3.05) is 18.7 Å². The molecule has 1 N–H and O–H groups in total. The lowest BCUT2D eigenvalue weighted by atomic mass is 10.0. The first-order valence-electron chi connectivity index (χ1n) is 6.57. The molecule has 2 heterocycles. The Morgan fingerprint density at radius 2 is 2.00 bits per heavy atom. The lowest BCUT2D eigenvalue weighted by Crippen LogP contribution is -2.48. The van der Waals surface area contributed by atoms with Gasteiger partial charge in [-0.1, -0.05) is 0 Å². The SMILES string of the molecule is CN(c1nccc2cc3c(cc12)OCO3)C(C)(C)C(=O)O. The number of rotatable bonds is 3. The van der Waals surface area contributed by atoms with E-state index in [1.54, 1.807) is 32.0 Å². The summed E-state index contributed by atoms with van der Waals surface area (Å²) in [5.74, 6) is 1.03. The Morgan fingerprint density at radius 1 is 1.33 bits per heavy atom. The summed E-state index contributed by atoms with van der Waals surface area (Å²) >= 11 is 0. The van der Waals surface area contributed by atoms with Crippen molar-refractivity contribution in [1.82, 2.24) is 4.98 Å². The van der Waals surface area contributed by atoms with E-state index in [0.717, 1.165) is 10.8 Å². The van der Waals surface area contributed by atoms with Crippen LogP contribution < -0.4 is 14.4 Å². The number of aromatic nitrogens is 1. The van der Waals surface area contributed by atoms with Gasteiger partial charge in [-0.15, -0.1) is 0 Å². The summed E-state index contributed by atoms with van der Waals surface area (Å²) in [5, 5.41) is 11.1. The van der Waals surface area contributed by atoms with Gasteiger partial charge in [0.05, 0.1) is 0 Å². The molecule has 0 unspecified atom stereocenters. The average Bonchev–Trinajstić information content (AvgIpc) is 2.90. The largest absolute Gasteiger partial charge is 0.480 e. The number of benzene rings is 1. The maximum atomic E-state index is 11.4. The van der Waals surface area contributed by atoms with Gasteiger partial charge in [0.2, 0.25) is 6.79 Å². The van der Waals surface area contributed by atoms with Crippen molar-refractivity contribution >= 4 is 22.6 Å². The topological polar surface area (TPSA) is 71.9 Å². The Kier molecular flexibility index (Phi) is 2.90. The molecule has 0 radical (unpaired) electrons. The zero-order chi connectivity index (χ0) is 15.2. The number of likely N-dealkylation sites (N-methyl/N-ethyl adjacent to an activating group) is 1. The maximum absolute atomic E-state index is 11.4. The molecule has 0 bridgehead atoms. The number of aliphatic carboxylic acids is 1. The number of carboxylic acid groups (broad SMARTS) is 1. The summed E-state index contributed by atoms with van der Waals surface area (Å²) in [6.45, 7) is 3.48. The number of hydrogen-bond acceptors (Lipinski definition) is 5. The highest BCUT2D eigenvalue weighted by Gasteiger charge is 2.34. The van der Waals surface area contributed by atoms with Crippen LogP contribution in [0.25, 0.3) is 10.8 Å². The van der Waals surface area contributed by atoms with Crippen molar-refractivity contribution < 1.29 is 19.4 Å².